The number of alkyl halides is 6. The van der Waals surface area contributed by atoms with Gasteiger partial charge >= 0.3 is 12.4 Å². The predicted octanol–water partition coefficient (Wildman–Crippen LogP) is 8.47. The van der Waals surface area contributed by atoms with Crippen molar-refractivity contribution in [1.82, 2.24) is 0 Å². The summed E-state index contributed by atoms with van der Waals surface area (Å²) in [5, 5.41) is 0.0835. The van der Waals surface area contributed by atoms with Crippen LogP contribution < -0.4 is 0 Å². The van der Waals surface area contributed by atoms with Gasteiger partial charge in [0.25, 0.3) is 0 Å². The molecule has 0 aliphatic rings. The molecule has 3 aromatic carbocycles. The Morgan fingerprint density at radius 2 is 1.07 bits per heavy atom. The van der Waals surface area contributed by atoms with Crippen LogP contribution in [-0.2, 0) is 12.4 Å². The Hall–Kier alpha value is -1.99. The van der Waals surface area contributed by atoms with Crippen LogP contribution >= 0.6 is 27.5 Å². The first kappa shape index (κ1) is 20.7. The van der Waals surface area contributed by atoms with E-state index in [4.69, 9.17) is 11.6 Å². The molecule has 146 valence electrons. The highest BCUT2D eigenvalue weighted by molar-refractivity contribution is 9.10. The van der Waals surface area contributed by atoms with E-state index in [0.29, 0.717) is 0 Å². The molecule has 0 unspecified atom stereocenters. The zero-order chi connectivity index (χ0) is 20.7. The molecule has 3 aromatic rings. The van der Waals surface area contributed by atoms with Crippen LogP contribution in [0.3, 0.4) is 0 Å². The van der Waals surface area contributed by atoms with Crippen LogP contribution in [0.2, 0.25) is 5.02 Å². The molecule has 0 nitrogen and oxygen atoms in total. The third-order valence-electron chi connectivity index (χ3n) is 4.12. The zero-order valence-corrected chi connectivity index (χ0v) is 16.1. The monoisotopic (exact) mass is 478 g/mol. The van der Waals surface area contributed by atoms with Crippen LogP contribution in [0.15, 0.2) is 65.1 Å². The first-order valence-electron chi connectivity index (χ1n) is 7.83. The average molecular weight is 480 g/mol. The highest BCUT2D eigenvalue weighted by Gasteiger charge is 2.37. The molecule has 8 heteroatoms. The Kier molecular flexibility index (Phi) is 5.51. The van der Waals surface area contributed by atoms with Gasteiger partial charge in [-0.1, -0.05) is 54.1 Å². The van der Waals surface area contributed by atoms with Crippen LogP contribution in [0.4, 0.5) is 26.3 Å². The molecule has 0 radical (unpaired) electrons. The van der Waals surface area contributed by atoms with Crippen molar-refractivity contribution in [2.24, 2.45) is 0 Å². The van der Waals surface area contributed by atoms with Crippen LogP contribution in [0.1, 0.15) is 11.1 Å². The van der Waals surface area contributed by atoms with Crippen molar-refractivity contribution in [3.8, 4) is 22.3 Å². The fraction of sp³-hybridized carbons (Fsp3) is 0.100. The molecular formula is C20H10BrClF6. The smallest absolute Gasteiger partial charge is 0.166 e. The van der Waals surface area contributed by atoms with Gasteiger partial charge < -0.3 is 0 Å². The lowest BCUT2D eigenvalue weighted by atomic mass is 9.89. The van der Waals surface area contributed by atoms with E-state index in [1.807, 2.05) is 0 Å². The third-order valence-corrected chi connectivity index (χ3v) is 5.49. The summed E-state index contributed by atoms with van der Waals surface area (Å²) in [5.74, 6) is 0. The molecule has 0 saturated carbocycles. The quantitative estimate of drug-likeness (QED) is 0.323. The standard InChI is InChI=1S/C20H10BrClF6/c21-18-16(22)10-9-12(11-5-1-3-7-14(11)19(23,24)25)17(18)13-6-2-4-8-15(13)20(26,27)28/h1-10H. The second kappa shape index (κ2) is 7.44. The van der Waals surface area contributed by atoms with E-state index in [1.54, 1.807) is 0 Å². The molecular weight excluding hydrogens is 470 g/mol. The maximum atomic E-state index is 13.5. The van der Waals surface area contributed by atoms with Crippen molar-refractivity contribution in [2.45, 2.75) is 12.4 Å². The van der Waals surface area contributed by atoms with Crippen molar-refractivity contribution in [3.63, 3.8) is 0 Å². The topological polar surface area (TPSA) is 0 Å². The van der Waals surface area contributed by atoms with Gasteiger partial charge in [-0.3, -0.25) is 0 Å². The Labute approximate surface area is 169 Å². The molecule has 28 heavy (non-hydrogen) atoms. The second-order valence-corrected chi connectivity index (χ2v) is 7.07. The lowest BCUT2D eigenvalue weighted by Gasteiger charge is -2.20. The molecule has 0 N–H and O–H groups in total. The average Bonchev–Trinajstić information content (AvgIpc) is 2.62. The van der Waals surface area contributed by atoms with Crippen molar-refractivity contribution >= 4 is 27.5 Å². The van der Waals surface area contributed by atoms with Crippen molar-refractivity contribution in [3.05, 3.63) is 81.3 Å². The van der Waals surface area contributed by atoms with E-state index in [9.17, 15) is 26.3 Å². The number of rotatable bonds is 2. The van der Waals surface area contributed by atoms with Gasteiger partial charge in [-0.25, -0.2) is 0 Å². The third kappa shape index (κ3) is 3.91. The molecule has 0 aromatic heterocycles. The fourth-order valence-corrected chi connectivity index (χ4v) is 3.67. The van der Waals surface area contributed by atoms with Crippen LogP contribution in [0.25, 0.3) is 22.3 Å². The molecule has 0 heterocycles. The van der Waals surface area contributed by atoms with E-state index in [1.165, 1.54) is 48.5 Å². The van der Waals surface area contributed by atoms with E-state index < -0.39 is 23.5 Å². The predicted molar refractivity (Wildman–Crippen MR) is 100 cm³/mol. The van der Waals surface area contributed by atoms with Gasteiger partial charge in [-0.15, -0.1) is 0 Å². The normalized spacial score (nSPS) is 12.3. The molecule has 0 atom stereocenters. The first-order chi connectivity index (χ1) is 13.0. The molecule has 0 spiro atoms. The zero-order valence-electron chi connectivity index (χ0n) is 13.8. The maximum Gasteiger partial charge on any atom is 0.417 e. The second-order valence-electron chi connectivity index (χ2n) is 5.87. The van der Waals surface area contributed by atoms with Gasteiger partial charge in [0.1, 0.15) is 0 Å². The summed E-state index contributed by atoms with van der Waals surface area (Å²) < 4.78 is 81.2. The minimum Gasteiger partial charge on any atom is -0.166 e. The Morgan fingerprint density at radius 3 is 1.61 bits per heavy atom. The Balaban J connectivity index is 2.41. The number of hydrogen-bond donors (Lipinski definition) is 0. The summed E-state index contributed by atoms with van der Waals surface area (Å²) in [6, 6.07) is 12.0. The fourth-order valence-electron chi connectivity index (χ4n) is 2.95. The van der Waals surface area contributed by atoms with E-state index >= 15 is 0 Å². The van der Waals surface area contributed by atoms with E-state index in [2.05, 4.69) is 15.9 Å². The molecule has 0 fully saturated rings. The van der Waals surface area contributed by atoms with Gasteiger partial charge in [0, 0.05) is 10.0 Å². The summed E-state index contributed by atoms with van der Waals surface area (Å²) in [4.78, 5) is 0. The van der Waals surface area contributed by atoms with Crippen LogP contribution in [0, 0.1) is 0 Å². The Morgan fingerprint density at radius 1 is 0.607 bits per heavy atom. The first-order valence-corrected chi connectivity index (χ1v) is 9.00. The molecule has 0 aliphatic carbocycles. The summed E-state index contributed by atoms with van der Waals surface area (Å²) >= 11 is 9.23. The molecule has 0 amide bonds. The number of halogens is 8. The molecule has 0 bridgehead atoms. The maximum absolute atomic E-state index is 13.5. The number of hydrogen-bond acceptors (Lipinski definition) is 0. The highest BCUT2D eigenvalue weighted by Crippen LogP contribution is 2.48. The Bertz CT molecular complexity index is 1020. The van der Waals surface area contributed by atoms with Crippen molar-refractivity contribution in [2.75, 3.05) is 0 Å². The molecule has 0 saturated heterocycles. The van der Waals surface area contributed by atoms with Crippen molar-refractivity contribution < 1.29 is 26.3 Å². The largest absolute Gasteiger partial charge is 0.417 e. The number of benzene rings is 3. The van der Waals surface area contributed by atoms with Gasteiger partial charge in [0.2, 0.25) is 0 Å². The highest BCUT2D eigenvalue weighted by atomic mass is 79.9. The molecule has 3 rings (SSSR count). The summed E-state index contributed by atoms with van der Waals surface area (Å²) in [6.45, 7) is 0. The van der Waals surface area contributed by atoms with Crippen LogP contribution in [-0.4, -0.2) is 0 Å². The summed E-state index contributed by atoms with van der Waals surface area (Å²) in [7, 11) is 0. The van der Waals surface area contributed by atoms with Gasteiger partial charge in [-0.05, 0) is 50.8 Å². The van der Waals surface area contributed by atoms with E-state index in [0.717, 1.165) is 12.1 Å². The molecule has 0 aliphatic heterocycles. The SMILES string of the molecule is FC(F)(F)c1ccccc1-c1ccc(Cl)c(Br)c1-c1ccccc1C(F)(F)F. The minimum absolute atomic E-state index is 0.0131. The van der Waals surface area contributed by atoms with Gasteiger partial charge in [-0.2, -0.15) is 26.3 Å². The van der Waals surface area contributed by atoms with E-state index in [-0.39, 0.29) is 31.7 Å². The summed E-state index contributed by atoms with van der Waals surface area (Å²) in [6.07, 6.45) is -9.37. The lowest BCUT2D eigenvalue weighted by molar-refractivity contribution is -0.138. The summed E-state index contributed by atoms with van der Waals surface area (Å²) in [5.41, 5.74) is -2.49. The van der Waals surface area contributed by atoms with Crippen molar-refractivity contribution in [1.29, 1.82) is 0 Å². The van der Waals surface area contributed by atoms with Gasteiger partial charge in [0.15, 0.2) is 0 Å². The lowest BCUT2D eigenvalue weighted by Crippen LogP contribution is -2.09. The minimum atomic E-state index is -4.70. The van der Waals surface area contributed by atoms with Gasteiger partial charge in [0.05, 0.1) is 16.1 Å². The van der Waals surface area contributed by atoms with Crippen LogP contribution in [0.5, 0.6) is 0 Å².